The fourth-order valence-electron chi connectivity index (χ4n) is 6.02. The SMILES string of the molecule is Cc1ccc(SCCCCN(CCS(C)(=O)=O)CC(O)C(O)C(O)C(O)CO)cc1COC1(c2cnccc2-c2ccccc2OC2CC2)CC1. The van der Waals surface area contributed by atoms with Crippen molar-refractivity contribution in [1.82, 2.24) is 9.88 Å². The normalized spacial score (nSPS) is 18.0. The van der Waals surface area contributed by atoms with Gasteiger partial charge in [-0.1, -0.05) is 24.3 Å². The fraction of sp³-hybridized carbons (Fsp3) is 0.553. The van der Waals surface area contributed by atoms with Gasteiger partial charge in [0.2, 0.25) is 0 Å². The van der Waals surface area contributed by atoms with E-state index in [-0.39, 0.29) is 18.8 Å². The number of aliphatic hydroxyl groups is 5. The molecular weight excluding hydrogens is 693 g/mol. The number of pyridine rings is 1. The number of hydrogen-bond donors (Lipinski definition) is 5. The maximum absolute atomic E-state index is 11.8. The van der Waals surface area contributed by atoms with E-state index < -0.39 is 46.5 Å². The van der Waals surface area contributed by atoms with Gasteiger partial charge in [-0.05, 0) is 98.7 Å². The largest absolute Gasteiger partial charge is 0.490 e. The maximum Gasteiger partial charge on any atom is 0.148 e. The average Bonchev–Trinajstić information content (AvgIpc) is 4.07. The predicted molar refractivity (Wildman–Crippen MR) is 197 cm³/mol. The van der Waals surface area contributed by atoms with Gasteiger partial charge in [0.1, 0.15) is 33.9 Å². The van der Waals surface area contributed by atoms with Gasteiger partial charge >= 0.3 is 0 Å². The number of unbranched alkanes of at least 4 members (excludes halogenated alkanes) is 1. The molecule has 0 radical (unpaired) electrons. The van der Waals surface area contributed by atoms with Crippen LogP contribution in [0.15, 0.2) is 65.8 Å². The second-order valence-electron chi connectivity index (χ2n) is 13.9. The highest BCUT2D eigenvalue weighted by molar-refractivity contribution is 7.99. The van der Waals surface area contributed by atoms with Gasteiger partial charge in [0, 0.05) is 47.8 Å². The number of ether oxygens (including phenoxy) is 2. The molecule has 0 aliphatic heterocycles. The molecule has 51 heavy (non-hydrogen) atoms. The van der Waals surface area contributed by atoms with Gasteiger partial charge in [-0.2, -0.15) is 0 Å². The van der Waals surface area contributed by atoms with Gasteiger partial charge < -0.3 is 35.0 Å². The molecule has 280 valence electrons. The Morgan fingerprint density at radius 2 is 1.73 bits per heavy atom. The van der Waals surface area contributed by atoms with Crippen molar-refractivity contribution < 1.29 is 43.4 Å². The Hall–Kier alpha value is -2.59. The number of para-hydroxylation sites is 1. The molecule has 3 aromatic rings. The lowest BCUT2D eigenvalue weighted by atomic mass is 9.96. The molecular formula is C38H52N2O9S2. The first-order valence-electron chi connectivity index (χ1n) is 17.7. The van der Waals surface area contributed by atoms with Gasteiger partial charge in [-0.15, -0.1) is 11.8 Å². The van der Waals surface area contributed by atoms with E-state index in [0.717, 1.165) is 82.6 Å². The van der Waals surface area contributed by atoms with Crippen LogP contribution in [-0.2, 0) is 26.8 Å². The standard InChI is InChI=1S/C38H52N2O9S2/c1-26-9-12-29(50-19-6-5-17-40(18-20-51(2,46)47)23-33(42)36(44)37(45)34(43)24-41)21-27(26)25-48-38(14-15-38)32-22-39-16-13-30(32)31-7-3-4-8-35(31)49-28-10-11-28/h3-4,7-9,12-13,16,21-22,28,33-34,36-37,41-45H,5-6,10-11,14-15,17-20,23-25H2,1-2H3. The summed E-state index contributed by atoms with van der Waals surface area (Å²) in [6, 6.07) is 16.7. The van der Waals surface area contributed by atoms with Gasteiger partial charge in [-0.3, -0.25) is 9.88 Å². The number of hydrogen-bond acceptors (Lipinski definition) is 12. The molecule has 2 aliphatic rings. The topological polar surface area (TPSA) is 170 Å². The van der Waals surface area contributed by atoms with Crippen LogP contribution in [0.3, 0.4) is 0 Å². The van der Waals surface area contributed by atoms with Crippen molar-refractivity contribution in [2.75, 3.05) is 44.0 Å². The molecule has 1 heterocycles. The van der Waals surface area contributed by atoms with E-state index in [4.69, 9.17) is 14.6 Å². The molecule has 0 bridgehead atoms. The Bertz CT molecular complexity index is 1680. The second-order valence-corrected chi connectivity index (χ2v) is 17.3. The number of rotatable bonds is 22. The molecule has 0 saturated heterocycles. The number of thioether (sulfide) groups is 1. The lowest BCUT2D eigenvalue weighted by Crippen LogP contribution is -2.50. The smallest absolute Gasteiger partial charge is 0.148 e. The van der Waals surface area contributed by atoms with Gasteiger partial charge in [0.05, 0.1) is 36.8 Å². The highest BCUT2D eigenvalue weighted by atomic mass is 32.2. The summed E-state index contributed by atoms with van der Waals surface area (Å²) in [5, 5.41) is 49.4. The highest BCUT2D eigenvalue weighted by Crippen LogP contribution is 2.53. The zero-order valence-electron chi connectivity index (χ0n) is 29.4. The summed E-state index contributed by atoms with van der Waals surface area (Å²) in [7, 11) is -3.26. The van der Waals surface area contributed by atoms with Crippen LogP contribution in [0.1, 0.15) is 55.2 Å². The predicted octanol–water partition coefficient (Wildman–Crippen LogP) is 3.46. The minimum atomic E-state index is -3.26. The first-order chi connectivity index (χ1) is 24.4. The monoisotopic (exact) mass is 744 g/mol. The van der Waals surface area contributed by atoms with Crippen LogP contribution in [0, 0.1) is 6.92 Å². The Morgan fingerprint density at radius 3 is 2.43 bits per heavy atom. The Kier molecular flexibility index (Phi) is 13.9. The van der Waals surface area contributed by atoms with Gasteiger partial charge in [0.15, 0.2) is 0 Å². The fourth-order valence-corrected chi connectivity index (χ4v) is 7.58. The van der Waals surface area contributed by atoms with Crippen molar-refractivity contribution in [2.45, 2.75) is 93.1 Å². The third-order valence-electron chi connectivity index (χ3n) is 9.52. The minimum absolute atomic E-state index is 0.0941. The first-order valence-corrected chi connectivity index (χ1v) is 20.7. The van der Waals surface area contributed by atoms with Crippen molar-refractivity contribution in [1.29, 1.82) is 0 Å². The van der Waals surface area contributed by atoms with Crippen molar-refractivity contribution >= 4 is 21.6 Å². The van der Waals surface area contributed by atoms with E-state index in [2.05, 4.69) is 42.2 Å². The van der Waals surface area contributed by atoms with Crippen LogP contribution in [0.2, 0.25) is 0 Å². The van der Waals surface area contributed by atoms with E-state index in [0.29, 0.717) is 25.7 Å². The molecule has 13 heteroatoms. The van der Waals surface area contributed by atoms with Crippen molar-refractivity contribution in [3.05, 3.63) is 77.6 Å². The third-order valence-corrected chi connectivity index (χ3v) is 11.5. The second kappa shape index (κ2) is 18.0. The van der Waals surface area contributed by atoms with E-state index in [1.807, 2.05) is 30.6 Å². The summed E-state index contributed by atoms with van der Waals surface area (Å²) < 4.78 is 36.6. The Balaban J connectivity index is 1.15. The van der Waals surface area contributed by atoms with Gasteiger partial charge in [-0.25, -0.2) is 8.42 Å². The van der Waals surface area contributed by atoms with Crippen LogP contribution in [0.5, 0.6) is 5.75 Å². The Labute approximate surface area is 305 Å². The lowest BCUT2D eigenvalue weighted by Gasteiger charge is -2.30. The van der Waals surface area contributed by atoms with Crippen LogP contribution in [-0.4, -0.2) is 118 Å². The van der Waals surface area contributed by atoms with Crippen LogP contribution < -0.4 is 4.74 Å². The van der Waals surface area contributed by atoms with E-state index in [1.54, 1.807) is 16.7 Å². The molecule has 4 atom stereocenters. The van der Waals surface area contributed by atoms with Crippen molar-refractivity contribution in [3.63, 3.8) is 0 Å². The lowest BCUT2D eigenvalue weighted by molar-refractivity contribution is -0.119. The minimum Gasteiger partial charge on any atom is -0.490 e. The molecule has 2 aromatic carbocycles. The number of benzene rings is 2. The number of nitrogens with zero attached hydrogens (tertiary/aromatic N) is 2. The maximum atomic E-state index is 11.8. The average molecular weight is 745 g/mol. The summed E-state index contributed by atoms with van der Waals surface area (Å²) in [6.45, 7) is 2.33. The van der Waals surface area contributed by atoms with Crippen LogP contribution in [0.4, 0.5) is 0 Å². The van der Waals surface area contributed by atoms with Crippen LogP contribution >= 0.6 is 11.8 Å². The summed E-state index contributed by atoms with van der Waals surface area (Å²) >= 11 is 1.73. The first kappa shape index (κ1) is 39.6. The number of aliphatic hydroxyl groups excluding tert-OH is 5. The van der Waals surface area contributed by atoms with E-state index in [1.165, 1.54) is 0 Å². The Morgan fingerprint density at radius 1 is 0.980 bits per heavy atom. The van der Waals surface area contributed by atoms with E-state index in [9.17, 15) is 28.8 Å². The summed E-state index contributed by atoms with van der Waals surface area (Å²) in [5.41, 5.74) is 5.14. The van der Waals surface area contributed by atoms with Gasteiger partial charge in [0.25, 0.3) is 0 Å². The zero-order valence-corrected chi connectivity index (χ0v) is 31.1. The molecule has 1 aromatic heterocycles. The molecule has 0 amide bonds. The molecule has 2 fully saturated rings. The number of sulfone groups is 1. The van der Waals surface area contributed by atoms with E-state index >= 15 is 0 Å². The quantitative estimate of drug-likeness (QED) is 0.0752. The number of aryl methyl sites for hydroxylation is 1. The summed E-state index contributed by atoms with van der Waals surface area (Å²) in [5.74, 6) is 1.60. The summed E-state index contributed by atoms with van der Waals surface area (Å²) in [4.78, 5) is 7.34. The molecule has 0 spiro atoms. The van der Waals surface area contributed by atoms with Crippen molar-refractivity contribution in [3.8, 4) is 16.9 Å². The third kappa shape index (κ3) is 11.4. The molecule has 5 rings (SSSR count). The summed E-state index contributed by atoms with van der Waals surface area (Å²) in [6.07, 6.45) is 4.29. The number of aromatic nitrogens is 1. The highest BCUT2D eigenvalue weighted by Gasteiger charge is 2.48. The molecule has 2 aliphatic carbocycles. The van der Waals surface area contributed by atoms with Crippen molar-refractivity contribution in [2.24, 2.45) is 0 Å². The molecule has 11 nitrogen and oxygen atoms in total. The van der Waals surface area contributed by atoms with Crippen LogP contribution in [0.25, 0.3) is 11.1 Å². The molecule has 4 unspecified atom stereocenters. The molecule has 2 saturated carbocycles. The zero-order chi connectivity index (χ0) is 36.6. The molecule has 5 N–H and O–H groups in total.